The number of rotatable bonds is 4. The maximum absolute atomic E-state index is 12.5. The van der Waals surface area contributed by atoms with Crippen molar-refractivity contribution in [1.29, 1.82) is 0 Å². The maximum atomic E-state index is 12.5. The molecule has 11 heteroatoms. The van der Waals surface area contributed by atoms with Crippen LogP contribution in [-0.4, -0.2) is 65.9 Å². The van der Waals surface area contributed by atoms with E-state index in [9.17, 15) is 25.0 Å². The van der Waals surface area contributed by atoms with E-state index in [1.807, 2.05) is 4.90 Å². The van der Waals surface area contributed by atoms with Gasteiger partial charge in [-0.15, -0.1) is 0 Å². The van der Waals surface area contributed by atoms with Crippen LogP contribution in [0.25, 0.3) is 0 Å². The standard InChI is InChI=1S/C18H21N5O6/c1-11-14(18(24)29-2)15(12-4-3-5-13(10-12)22(25)26)16(23(27)28)17(20-11)21-8-6-19-7-9-21/h3-5,10,15-16,19H,6-9H2,1-2H3. The minimum atomic E-state index is -1.37. The highest BCUT2D eigenvalue weighted by atomic mass is 16.6. The highest BCUT2D eigenvalue weighted by Gasteiger charge is 2.48. The molecule has 0 bridgehead atoms. The maximum Gasteiger partial charge on any atom is 0.336 e. The first kappa shape index (κ1) is 20.4. The number of nitro benzene ring substituents is 1. The smallest absolute Gasteiger partial charge is 0.336 e. The van der Waals surface area contributed by atoms with Crippen molar-refractivity contribution in [3.8, 4) is 0 Å². The number of carbonyl (C=O) groups is 1. The Balaban J connectivity index is 2.19. The molecule has 0 aromatic heterocycles. The van der Waals surface area contributed by atoms with Gasteiger partial charge in [-0.3, -0.25) is 20.2 Å². The van der Waals surface area contributed by atoms with E-state index >= 15 is 0 Å². The van der Waals surface area contributed by atoms with Gasteiger partial charge in [-0.1, -0.05) is 12.1 Å². The van der Waals surface area contributed by atoms with Crippen molar-refractivity contribution in [3.63, 3.8) is 0 Å². The van der Waals surface area contributed by atoms with Crippen LogP contribution in [0.15, 0.2) is 40.5 Å². The van der Waals surface area contributed by atoms with Crippen molar-refractivity contribution in [2.24, 2.45) is 4.99 Å². The molecule has 1 fully saturated rings. The van der Waals surface area contributed by atoms with Gasteiger partial charge in [0.05, 0.1) is 29.2 Å². The van der Waals surface area contributed by atoms with Gasteiger partial charge >= 0.3 is 5.97 Å². The Bertz CT molecular complexity index is 906. The molecule has 1 aromatic carbocycles. The minimum absolute atomic E-state index is 0.0357. The lowest BCUT2D eigenvalue weighted by Gasteiger charge is -2.36. The lowest BCUT2D eigenvalue weighted by atomic mass is 9.81. The summed E-state index contributed by atoms with van der Waals surface area (Å²) in [5, 5.41) is 26.6. The number of ether oxygens (including phenoxy) is 1. The molecule has 2 aliphatic heterocycles. The van der Waals surface area contributed by atoms with Crippen LogP contribution in [0.2, 0.25) is 0 Å². The van der Waals surface area contributed by atoms with Gasteiger partial charge in [-0.2, -0.15) is 0 Å². The van der Waals surface area contributed by atoms with E-state index in [0.717, 1.165) is 0 Å². The van der Waals surface area contributed by atoms with Crippen molar-refractivity contribution >= 4 is 17.5 Å². The van der Waals surface area contributed by atoms with E-state index in [0.29, 0.717) is 37.4 Å². The Hall–Kier alpha value is -3.34. The average molecular weight is 403 g/mol. The van der Waals surface area contributed by atoms with Crippen LogP contribution in [0.1, 0.15) is 18.4 Å². The molecule has 1 saturated heterocycles. The first-order chi connectivity index (χ1) is 13.8. The lowest BCUT2D eigenvalue weighted by molar-refractivity contribution is -0.507. The highest BCUT2D eigenvalue weighted by Crippen LogP contribution is 2.38. The van der Waals surface area contributed by atoms with Crippen molar-refractivity contribution in [2.45, 2.75) is 18.9 Å². The number of nitrogens with zero attached hydrogens (tertiary/aromatic N) is 4. The topological polar surface area (TPSA) is 140 Å². The van der Waals surface area contributed by atoms with Gasteiger partial charge in [0.1, 0.15) is 0 Å². The Morgan fingerprint density at radius 3 is 2.55 bits per heavy atom. The zero-order chi connectivity index (χ0) is 21.1. The van der Waals surface area contributed by atoms with Gasteiger partial charge < -0.3 is 15.0 Å². The number of methoxy groups -OCH3 is 1. The predicted molar refractivity (Wildman–Crippen MR) is 103 cm³/mol. The second-order valence-electron chi connectivity index (χ2n) is 6.76. The third-order valence-corrected chi connectivity index (χ3v) is 5.08. The van der Waals surface area contributed by atoms with Crippen LogP contribution in [0.4, 0.5) is 5.69 Å². The SMILES string of the molecule is COC(=O)C1=C(C)N=C(N2CCNCC2)C([N+](=O)[O-])C1c1cccc([N+](=O)[O-])c1. The summed E-state index contributed by atoms with van der Waals surface area (Å²) in [4.78, 5) is 41.0. The number of nitro groups is 2. The molecule has 29 heavy (non-hydrogen) atoms. The number of esters is 1. The first-order valence-electron chi connectivity index (χ1n) is 9.06. The number of allylic oxidation sites excluding steroid dienone is 1. The largest absolute Gasteiger partial charge is 0.466 e. The van der Waals surface area contributed by atoms with E-state index in [-0.39, 0.29) is 17.1 Å². The van der Waals surface area contributed by atoms with Gasteiger partial charge in [-0.25, -0.2) is 9.79 Å². The van der Waals surface area contributed by atoms with Gasteiger partial charge in [0.2, 0.25) is 0 Å². The minimum Gasteiger partial charge on any atom is -0.466 e. The highest BCUT2D eigenvalue weighted by molar-refractivity contribution is 5.98. The van der Waals surface area contributed by atoms with Crippen LogP contribution < -0.4 is 5.32 Å². The van der Waals surface area contributed by atoms with E-state index < -0.39 is 27.8 Å². The summed E-state index contributed by atoms with van der Waals surface area (Å²) in [5.74, 6) is -1.55. The van der Waals surface area contributed by atoms with Gasteiger partial charge in [0.15, 0.2) is 5.84 Å². The lowest BCUT2D eigenvalue weighted by Crippen LogP contribution is -2.54. The van der Waals surface area contributed by atoms with Crippen LogP contribution in [0.3, 0.4) is 0 Å². The number of non-ortho nitro benzene ring substituents is 1. The first-order valence-corrected chi connectivity index (χ1v) is 9.06. The van der Waals surface area contributed by atoms with E-state index in [4.69, 9.17) is 4.74 Å². The molecule has 0 amide bonds. The fraction of sp³-hybridized carbons (Fsp3) is 0.444. The number of nitrogens with one attached hydrogen (secondary N) is 1. The summed E-state index contributed by atoms with van der Waals surface area (Å²) in [6.45, 7) is 3.96. The Labute approximate surface area is 166 Å². The Kier molecular flexibility index (Phi) is 5.87. The molecule has 2 heterocycles. The molecule has 0 radical (unpaired) electrons. The van der Waals surface area contributed by atoms with Crippen LogP contribution >= 0.6 is 0 Å². The number of benzene rings is 1. The normalized spacial score (nSPS) is 22.1. The average Bonchev–Trinajstić information content (AvgIpc) is 2.72. The third kappa shape index (κ3) is 3.94. The number of carbonyl (C=O) groups excluding carboxylic acids is 1. The second kappa shape index (κ2) is 8.35. The number of amidine groups is 1. The Morgan fingerprint density at radius 2 is 1.97 bits per heavy atom. The summed E-state index contributed by atoms with van der Waals surface area (Å²) in [6, 6.07) is 4.19. The number of hydrogen-bond acceptors (Lipinski definition) is 9. The number of hydrogen-bond donors (Lipinski definition) is 1. The molecular weight excluding hydrogens is 382 g/mol. The molecule has 154 valence electrons. The fourth-order valence-corrected chi connectivity index (χ4v) is 3.76. The second-order valence-corrected chi connectivity index (χ2v) is 6.76. The van der Waals surface area contributed by atoms with Crippen molar-refractivity contribution in [2.75, 3.05) is 33.3 Å². The molecule has 3 rings (SSSR count). The Morgan fingerprint density at radius 1 is 1.28 bits per heavy atom. The third-order valence-electron chi connectivity index (χ3n) is 5.08. The molecule has 0 aliphatic carbocycles. The summed E-state index contributed by atoms with van der Waals surface area (Å²) in [6.07, 6.45) is 0. The van der Waals surface area contributed by atoms with Crippen molar-refractivity contribution < 1.29 is 19.4 Å². The number of aliphatic imine (C=N–C) groups is 1. The molecule has 0 spiro atoms. The zero-order valence-electron chi connectivity index (χ0n) is 16.0. The van der Waals surface area contributed by atoms with Crippen LogP contribution in [0, 0.1) is 20.2 Å². The summed E-state index contributed by atoms with van der Waals surface area (Å²) in [5.41, 5.74) is 0.425. The summed E-state index contributed by atoms with van der Waals surface area (Å²) >= 11 is 0. The van der Waals surface area contributed by atoms with Gasteiger partial charge in [0.25, 0.3) is 11.7 Å². The molecule has 1 N–H and O–H groups in total. The molecule has 0 saturated carbocycles. The summed E-state index contributed by atoms with van der Waals surface area (Å²) in [7, 11) is 1.18. The van der Waals surface area contributed by atoms with E-state index in [1.165, 1.54) is 25.3 Å². The molecule has 1 aromatic rings. The van der Waals surface area contributed by atoms with Crippen LogP contribution in [0.5, 0.6) is 0 Å². The van der Waals surface area contributed by atoms with E-state index in [1.54, 1.807) is 13.0 Å². The predicted octanol–water partition coefficient (Wildman–Crippen LogP) is 1.09. The van der Waals surface area contributed by atoms with Gasteiger partial charge in [0, 0.05) is 43.2 Å². The number of piperazine rings is 1. The molecule has 2 atom stereocenters. The molecule has 2 aliphatic rings. The summed E-state index contributed by atoms with van der Waals surface area (Å²) < 4.78 is 4.85. The van der Waals surface area contributed by atoms with Crippen molar-refractivity contribution in [1.82, 2.24) is 10.2 Å². The fourth-order valence-electron chi connectivity index (χ4n) is 3.76. The monoisotopic (exact) mass is 403 g/mol. The molecule has 2 unspecified atom stereocenters. The molecule has 11 nitrogen and oxygen atoms in total. The van der Waals surface area contributed by atoms with E-state index in [2.05, 4.69) is 10.3 Å². The molecular formula is C18H21N5O6. The van der Waals surface area contributed by atoms with Crippen molar-refractivity contribution in [3.05, 3.63) is 61.3 Å². The van der Waals surface area contributed by atoms with Gasteiger partial charge in [-0.05, 0) is 12.5 Å². The van der Waals surface area contributed by atoms with Crippen LogP contribution in [-0.2, 0) is 9.53 Å². The quantitative estimate of drug-likeness (QED) is 0.447. The zero-order valence-corrected chi connectivity index (χ0v) is 16.0.